The molecule has 0 unspecified atom stereocenters. The predicted octanol–water partition coefficient (Wildman–Crippen LogP) is 2.38. The number of carbonyl (C=O) groups is 3. The van der Waals surface area contributed by atoms with Gasteiger partial charge < -0.3 is 29.3 Å². The molecular weight excluding hydrogens is 483 g/mol. The molecule has 194 valence electrons. The highest BCUT2D eigenvalue weighted by atomic mass is 19.1. The van der Waals surface area contributed by atoms with Gasteiger partial charge in [-0.1, -0.05) is 6.07 Å². The van der Waals surface area contributed by atoms with E-state index in [1.54, 1.807) is 23.1 Å². The average Bonchev–Trinajstić information content (AvgIpc) is 3.52. The monoisotopic (exact) mass is 510 g/mol. The summed E-state index contributed by atoms with van der Waals surface area (Å²) in [4.78, 5) is 40.9. The van der Waals surface area contributed by atoms with Crippen LogP contribution >= 0.6 is 0 Å². The number of hydrogen-bond acceptors (Lipinski definition) is 7. The maximum Gasteiger partial charge on any atom is 0.414 e. The number of nitrogens with zero attached hydrogens (tertiary/aromatic N) is 3. The lowest BCUT2D eigenvalue weighted by Crippen LogP contribution is -2.48. The first kappa shape index (κ1) is 24.4. The van der Waals surface area contributed by atoms with Crippen LogP contribution in [0.1, 0.15) is 12.5 Å². The molecule has 5 rings (SSSR count). The quantitative estimate of drug-likeness (QED) is 0.596. The summed E-state index contributed by atoms with van der Waals surface area (Å²) in [6, 6.07) is 10.1. The highest BCUT2D eigenvalue weighted by Crippen LogP contribution is 2.33. The number of carbonyl (C=O) groups excluding carboxylic acids is 3. The number of cyclic esters (lactones) is 1. The van der Waals surface area contributed by atoms with Crippen LogP contribution in [-0.2, 0) is 14.3 Å². The summed E-state index contributed by atoms with van der Waals surface area (Å²) in [5.41, 5.74) is 1.63. The van der Waals surface area contributed by atoms with Crippen LogP contribution < -0.4 is 24.6 Å². The van der Waals surface area contributed by atoms with Crippen molar-refractivity contribution in [2.24, 2.45) is 0 Å². The van der Waals surface area contributed by atoms with Crippen molar-refractivity contribution >= 4 is 35.4 Å². The number of hydrogen-bond donors (Lipinski definition) is 1. The molecule has 2 fully saturated rings. The topological polar surface area (TPSA) is 101 Å². The minimum Gasteiger partial charge on any atom is -0.454 e. The van der Waals surface area contributed by atoms with Crippen LogP contribution in [0, 0.1) is 5.82 Å². The Balaban J connectivity index is 1.15. The maximum absolute atomic E-state index is 15.0. The van der Waals surface area contributed by atoms with Gasteiger partial charge in [0.05, 0.1) is 24.5 Å². The number of fused-ring (bicyclic) bond motifs is 1. The fourth-order valence-corrected chi connectivity index (χ4v) is 4.47. The van der Waals surface area contributed by atoms with E-state index in [0.717, 1.165) is 5.56 Å². The van der Waals surface area contributed by atoms with Gasteiger partial charge in [0.2, 0.25) is 18.6 Å². The molecule has 0 spiro atoms. The van der Waals surface area contributed by atoms with E-state index in [-0.39, 0.29) is 31.7 Å². The lowest BCUT2D eigenvalue weighted by Gasteiger charge is -2.36. The molecule has 0 radical (unpaired) electrons. The van der Waals surface area contributed by atoms with Gasteiger partial charge in [-0.3, -0.25) is 14.5 Å². The van der Waals surface area contributed by atoms with Gasteiger partial charge in [0.15, 0.2) is 11.5 Å². The van der Waals surface area contributed by atoms with Crippen molar-refractivity contribution in [1.29, 1.82) is 0 Å². The van der Waals surface area contributed by atoms with Gasteiger partial charge in [-0.15, -0.1) is 0 Å². The van der Waals surface area contributed by atoms with E-state index >= 15 is 4.39 Å². The molecule has 37 heavy (non-hydrogen) atoms. The SMILES string of the molecule is CC(=O)NC[C@H]1CN(c2ccc(N3CCN(C(=O)C=Cc4ccc5c(c4)OCO5)CC3)c(F)c2)C(=O)O1. The number of rotatable bonds is 6. The van der Waals surface area contributed by atoms with Crippen molar-refractivity contribution in [3.63, 3.8) is 0 Å². The Morgan fingerprint density at radius 2 is 1.86 bits per heavy atom. The number of ether oxygens (including phenoxy) is 3. The average molecular weight is 511 g/mol. The molecule has 0 aromatic heterocycles. The van der Waals surface area contributed by atoms with Gasteiger partial charge in [0, 0.05) is 39.2 Å². The van der Waals surface area contributed by atoms with Crippen molar-refractivity contribution in [3.05, 3.63) is 53.9 Å². The summed E-state index contributed by atoms with van der Waals surface area (Å²) in [7, 11) is 0. The van der Waals surface area contributed by atoms with Crippen LogP contribution in [-0.4, -0.2) is 75.0 Å². The lowest BCUT2D eigenvalue weighted by atomic mass is 10.1. The molecular formula is C26H27FN4O6. The van der Waals surface area contributed by atoms with Crippen LogP contribution in [0.25, 0.3) is 6.08 Å². The van der Waals surface area contributed by atoms with Crippen molar-refractivity contribution < 1.29 is 33.0 Å². The zero-order valence-corrected chi connectivity index (χ0v) is 20.3. The second-order valence-electron chi connectivity index (χ2n) is 8.95. The van der Waals surface area contributed by atoms with Crippen molar-refractivity contribution in [3.8, 4) is 11.5 Å². The van der Waals surface area contributed by atoms with Gasteiger partial charge in [0.1, 0.15) is 11.9 Å². The second-order valence-corrected chi connectivity index (χ2v) is 8.95. The number of benzene rings is 2. The third-order valence-electron chi connectivity index (χ3n) is 6.44. The second kappa shape index (κ2) is 10.4. The van der Waals surface area contributed by atoms with Gasteiger partial charge in [-0.05, 0) is 42.0 Å². The van der Waals surface area contributed by atoms with Crippen LogP contribution in [0.3, 0.4) is 0 Å². The standard InChI is InChI=1S/C26H27FN4O6/c1-17(32)28-14-20-15-31(26(34)37-20)19-4-5-22(21(27)13-19)29-8-10-30(11-9-29)25(33)7-3-18-2-6-23-24(12-18)36-16-35-23/h2-7,12-13,20H,8-11,14-16H2,1H3,(H,28,32)/t20-/m0/s1. The van der Waals surface area contributed by atoms with Crippen LogP contribution in [0.5, 0.6) is 11.5 Å². The van der Waals surface area contributed by atoms with Gasteiger partial charge in [0.25, 0.3) is 0 Å². The zero-order chi connectivity index (χ0) is 25.9. The van der Waals surface area contributed by atoms with E-state index in [0.29, 0.717) is 49.1 Å². The summed E-state index contributed by atoms with van der Waals surface area (Å²) >= 11 is 0. The Labute approximate surface area is 213 Å². The smallest absolute Gasteiger partial charge is 0.414 e. The molecule has 10 nitrogen and oxygen atoms in total. The highest BCUT2D eigenvalue weighted by Gasteiger charge is 2.33. The molecule has 0 aliphatic carbocycles. The normalized spacial score (nSPS) is 18.9. The molecule has 3 amide bonds. The fourth-order valence-electron chi connectivity index (χ4n) is 4.47. The Morgan fingerprint density at radius 1 is 1.08 bits per heavy atom. The summed E-state index contributed by atoms with van der Waals surface area (Å²) < 4.78 is 30.9. The predicted molar refractivity (Wildman–Crippen MR) is 133 cm³/mol. The van der Waals surface area contributed by atoms with E-state index in [1.165, 1.54) is 24.0 Å². The molecule has 3 heterocycles. The molecule has 11 heteroatoms. The van der Waals surface area contributed by atoms with Gasteiger partial charge in [-0.2, -0.15) is 0 Å². The minimum absolute atomic E-state index is 0.116. The van der Waals surface area contributed by atoms with Crippen LogP contribution in [0.2, 0.25) is 0 Å². The first-order valence-electron chi connectivity index (χ1n) is 12.0. The molecule has 3 aliphatic rings. The zero-order valence-electron chi connectivity index (χ0n) is 20.3. The van der Waals surface area contributed by atoms with Gasteiger partial charge in [-0.25, -0.2) is 9.18 Å². The third-order valence-corrected chi connectivity index (χ3v) is 6.44. The number of nitrogens with one attached hydrogen (secondary N) is 1. The molecule has 2 saturated heterocycles. The van der Waals surface area contributed by atoms with E-state index < -0.39 is 18.0 Å². The minimum atomic E-state index is -0.580. The van der Waals surface area contributed by atoms with E-state index in [2.05, 4.69) is 5.32 Å². The third kappa shape index (κ3) is 5.45. The maximum atomic E-state index is 15.0. The fraction of sp³-hybridized carbons (Fsp3) is 0.346. The molecule has 0 saturated carbocycles. The molecule has 1 N–H and O–H groups in total. The Morgan fingerprint density at radius 3 is 2.62 bits per heavy atom. The first-order valence-corrected chi connectivity index (χ1v) is 12.0. The molecule has 1 atom stereocenters. The van der Waals surface area contributed by atoms with E-state index in [9.17, 15) is 14.4 Å². The molecule has 2 aromatic rings. The summed E-state index contributed by atoms with van der Waals surface area (Å²) in [6.45, 7) is 3.86. The molecule has 0 bridgehead atoms. The van der Waals surface area contributed by atoms with Crippen LogP contribution in [0.15, 0.2) is 42.5 Å². The largest absolute Gasteiger partial charge is 0.454 e. The molecule has 2 aromatic carbocycles. The summed E-state index contributed by atoms with van der Waals surface area (Å²) in [5, 5.41) is 2.61. The Kier molecular flexibility index (Phi) is 6.85. The van der Waals surface area contributed by atoms with Crippen molar-refractivity contribution in [2.75, 3.05) is 55.9 Å². The van der Waals surface area contributed by atoms with E-state index in [4.69, 9.17) is 14.2 Å². The van der Waals surface area contributed by atoms with E-state index in [1.807, 2.05) is 23.1 Å². The summed E-state index contributed by atoms with van der Waals surface area (Å²) in [5.74, 6) is 0.550. The lowest BCUT2D eigenvalue weighted by molar-refractivity contribution is -0.126. The first-order chi connectivity index (χ1) is 17.9. The van der Waals surface area contributed by atoms with Crippen molar-refractivity contribution in [2.45, 2.75) is 13.0 Å². The number of amides is 3. The van der Waals surface area contributed by atoms with Crippen LogP contribution in [0.4, 0.5) is 20.6 Å². The number of anilines is 2. The number of halogens is 1. The number of piperazine rings is 1. The molecule has 3 aliphatic heterocycles. The van der Waals surface area contributed by atoms with Crippen molar-refractivity contribution in [1.82, 2.24) is 10.2 Å². The highest BCUT2D eigenvalue weighted by molar-refractivity contribution is 5.92. The Hall–Kier alpha value is -4.28. The summed E-state index contributed by atoms with van der Waals surface area (Å²) in [6.07, 6.45) is 2.18. The van der Waals surface area contributed by atoms with Gasteiger partial charge >= 0.3 is 6.09 Å². The Bertz CT molecular complexity index is 1240.